The third kappa shape index (κ3) is 5.17. The molecule has 7 heteroatoms. The topological polar surface area (TPSA) is 87.7 Å². The zero-order chi connectivity index (χ0) is 21.7. The van der Waals surface area contributed by atoms with E-state index in [0.717, 1.165) is 24.0 Å². The number of amides is 3. The fourth-order valence-electron chi connectivity index (χ4n) is 3.61. The normalized spacial score (nSPS) is 13.7. The Hall–Kier alpha value is -3.35. The predicted molar refractivity (Wildman–Crippen MR) is 116 cm³/mol. The highest BCUT2D eigenvalue weighted by Crippen LogP contribution is 2.33. The summed E-state index contributed by atoms with van der Waals surface area (Å²) in [6.07, 6.45) is 2.31. The highest BCUT2D eigenvalue weighted by atomic mass is 16.5. The summed E-state index contributed by atoms with van der Waals surface area (Å²) in [5, 5.41) is 5.41. The Morgan fingerprint density at radius 3 is 2.47 bits per heavy atom. The summed E-state index contributed by atoms with van der Waals surface area (Å²) in [5.41, 5.74) is 3.68. The van der Waals surface area contributed by atoms with Gasteiger partial charge in [0.15, 0.2) is 0 Å². The first kappa shape index (κ1) is 21.4. The van der Waals surface area contributed by atoms with Gasteiger partial charge >= 0.3 is 0 Å². The molecule has 3 amide bonds. The molecule has 0 unspecified atom stereocenters. The second-order valence-electron chi connectivity index (χ2n) is 7.50. The fraction of sp³-hybridized carbons (Fsp3) is 0.348. The van der Waals surface area contributed by atoms with Crippen LogP contribution in [0.25, 0.3) is 0 Å². The lowest BCUT2D eigenvalue weighted by molar-refractivity contribution is -0.119. The second kappa shape index (κ2) is 9.43. The summed E-state index contributed by atoms with van der Waals surface area (Å²) in [5.74, 6) is -0.0322. The number of piperidine rings is 1. The van der Waals surface area contributed by atoms with E-state index in [-0.39, 0.29) is 24.3 Å². The zero-order valence-corrected chi connectivity index (χ0v) is 17.6. The summed E-state index contributed by atoms with van der Waals surface area (Å²) < 4.78 is 5.39. The number of benzene rings is 2. The Kier molecular flexibility index (Phi) is 6.72. The molecule has 0 spiro atoms. The number of methoxy groups -OCH3 is 1. The molecule has 0 aliphatic carbocycles. The van der Waals surface area contributed by atoms with E-state index in [1.165, 1.54) is 0 Å². The van der Waals surface area contributed by atoms with E-state index in [9.17, 15) is 14.4 Å². The Balaban J connectivity index is 1.65. The molecule has 0 atom stereocenters. The number of hydrogen-bond acceptors (Lipinski definition) is 4. The fourth-order valence-corrected chi connectivity index (χ4v) is 3.61. The lowest BCUT2D eigenvalue weighted by Gasteiger charge is -2.28. The average molecular weight is 409 g/mol. The van der Waals surface area contributed by atoms with Gasteiger partial charge in [0.25, 0.3) is 5.91 Å². The van der Waals surface area contributed by atoms with Crippen LogP contribution in [-0.4, -0.2) is 37.9 Å². The molecule has 30 heavy (non-hydrogen) atoms. The van der Waals surface area contributed by atoms with Crippen molar-refractivity contribution in [1.82, 2.24) is 5.32 Å². The van der Waals surface area contributed by atoms with Crippen LogP contribution < -0.4 is 20.3 Å². The van der Waals surface area contributed by atoms with Crippen molar-refractivity contribution in [3.05, 3.63) is 53.1 Å². The lowest BCUT2D eigenvalue weighted by atomic mass is 10.1. The van der Waals surface area contributed by atoms with Crippen LogP contribution in [0.1, 0.15) is 40.7 Å². The Bertz CT molecular complexity index is 951. The maximum Gasteiger partial charge on any atom is 0.251 e. The van der Waals surface area contributed by atoms with Gasteiger partial charge in [0.1, 0.15) is 5.75 Å². The van der Waals surface area contributed by atoms with Crippen LogP contribution in [-0.2, 0) is 9.59 Å². The quantitative estimate of drug-likeness (QED) is 0.767. The SMILES string of the molecule is COc1ccc(NC(=O)CNC(=O)c2cc(C)cc(C)c2)cc1N1CCCCC1=O. The van der Waals surface area contributed by atoms with Crippen molar-refractivity contribution in [2.24, 2.45) is 0 Å². The summed E-state index contributed by atoms with van der Waals surface area (Å²) in [7, 11) is 1.55. The van der Waals surface area contributed by atoms with Crippen LogP contribution in [0.3, 0.4) is 0 Å². The van der Waals surface area contributed by atoms with Gasteiger partial charge in [0.2, 0.25) is 11.8 Å². The lowest BCUT2D eigenvalue weighted by Crippen LogP contribution is -2.35. The molecule has 158 valence electrons. The standard InChI is InChI=1S/C23H27N3O4/c1-15-10-16(2)12-17(11-15)23(29)24-14-21(27)25-18-7-8-20(30-3)19(13-18)26-9-5-4-6-22(26)28/h7-8,10-13H,4-6,9,14H2,1-3H3,(H,24,29)(H,25,27). The minimum atomic E-state index is -0.353. The molecule has 1 aliphatic heterocycles. The molecule has 2 aromatic rings. The molecule has 3 rings (SSSR count). The van der Waals surface area contributed by atoms with Crippen LogP contribution in [0.15, 0.2) is 36.4 Å². The van der Waals surface area contributed by atoms with Crippen molar-refractivity contribution in [2.75, 3.05) is 30.4 Å². The maximum atomic E-state index is 12.4. The molecule has 1 aliphatic rings. The van der Waals surface area contributed by atoms with Crippen molar-refractivity contribution in [2.45, 2.75) is 33.1 Å². The highest BCUT2D eigenvalue weighted by Gasteiger charge is 2.23. The van der Waals surface area contributed by atoms with Crippen molar-refractivity contribution >= 4 is 29.1 Å². The van der Waals surface area contributed by atoms with Gasteiger partial charge in [-0.25, -0.2) is 0 Å². The molecule has 7 nitrogen and oxygen atoms in total. The van der Waals surface area contributed by atoms with Gasteiger partial charge < -0.3 is 20.3 Å². The third-order valence-corrected chi connectivity index (χ3v) is 4.97. The van der Waals surface area contributed by atoms with E-state index in [4.69, 9.17) is 4.74 Å². The van der Waals surface area contributed by atoms with Crippen molar-refractivity contribution in [1.29, 1.82) is 0 Å². The molecule has 1 fully saturated rings. The van der Waals surface area contributed by atoms with Crippen LogP contribution in [0, 0.1) is 13.8 Å². The highest BCUT2D eigenvalue weighted by molar-refractivity contribution is 6.00. The summed E-state index contributed by atoms with van der Waals surface area (Å²) in [4.78, 5) is 38.7. The average Bonchev–Trinajstić information content (AvgIpc) is 2.71. The third-order valence-electron chi connectivity index (χ3n) is 4.97. The van der Waals surface area contributed by atoms with Gasteiger partial charge in [-0.15, -0.1) is 0 Å². The van der Waals surface area contributed by atoms with Crippen molar-refractivity contribution in [3.8, 4) is 5.75 Å². The minimum Gasteiger partial charge on any atom is -0.495 e. The van der Waals surface area contributed by atoms with Gasteiger partial charge in [0.05, 0.1) is 19.3 Å². The van der Waals surface area contributed by atoms with E-state index in [1.807, 2.05) is 19.9 Å². The number of aryl methyl sites for hydroxylation is 2. The first-order valence-electron chi connectivity index (χ1n) is 10.0. The van der Waals surface area contributed by atoms with Gasteiger partial charge in [-0.3, -0.25) is 14.4 Å². The van der Waals surface area contributed by atoms with Gasteiger partial charge in [-0.1, -0.05) is 17.2 Å². The number of anilines is 2. The number of nitrogens with zero attached hydrogens (tertiary/aromatic N) is 1. The van der Waals surface area contributed by atoms with Crippen LogP contribution in [0.2, 0.25) is 0 Å². The molecule has 0 saturated carbocycles. The van der Waals surface area contributed by atoms with Gasteiger partial charge in [0, 0.05) is 24.2 Å². The van der Waals surface area contributed by atoms with Crippen LogP contribution in [0.4, 0.5) is 11.4 Å². The van der Waals surface area contributed by atoms with E-state index in [1.54, 1.807) is 42.3 Å². The molecule has 2 aromatic carbocycles. The molecule has 1 heterocycles. The number of rotatable bonds is 6. The first-order valence-corrected chi connectivity index (χ1v) is 10.0. The smallest absolute Gasteiger partial charge is 0.251 e. The Morgan fingerprint density at radius 1 is 1.07 bits per heavy atom. The van der Waals surface area contributed by atoms with E-state index < -0.39 is 0 Å². The molecular weight excluding hydrogens is 382 g/mol. The maximum absolute atomic E-state index is 12.4. The molecule has 0 aromatic heterocycles. The number of nitrogens with one attached hydrogen (secondary N) is 2. The molecular formula is C23H27N3O4. The van der Waals surface area contributed by atoms with Crippen molar-refractivity contribution in [3.63, 3.8) is 0 Å². The van der Waals surface area contributed by atoms with Gasteiger partial charge in [-0.05, 0) is 57.0 Å². The zero-order valence-electron chi connectivity index (χ0n) is 17.6. The second-order valence-corrected chi connectivity index (χ2v) is 7.50. The monoisotopic (exact) mass is 409 g/mol. The van der Waals surface area contributed by atoms with E-state index >= 15 is 0 Å². The van der Waals surface area contributed by atoms with Crippen LogP contribution >= 0.6 is 0 Å². The molecule has 0 radical (unpaired) electrons. The van der Waals surface area contributed by atoms with Gasteiger partial charge in [-0.2, -0.15) is 0 Å². The Labute approximate surface area is 176 Å². The Morgan fingerprint density at radius 2 is 1.80 bits per heavy atom. The van der Waals surface area contributed by atoms with E-state index in [0.29, 0.717) is 35.7 Å². The largest absolute Gasteiger partial charge is 0.495 e. The summed E-state index contributed by atoms with van der Waals surface area (Å²) >= 11 is 0. The molecule has 1 saturated heterocycles. The summed E-state index contributed by atoms with van der Waals surface area (Å²) in [6, 6.07) is 10.7. The van der Waals surface area contributed by atoms with Crippen LogP contribution in [0.5, 0.6) is 5.75 Å². The number of ether oxygens (including phenoxy) is 1. The first-order chi connectivity index (χ1) is 14.4. The van der Waals surface area contributed by atoms with E-state index in [2.05, 4.69) is 10.6 Å². The summed E-state index contributed by atoms with van der Waals surface area (Å²) in [6.45, 7) is 4.31. The van der Waals surface area contributed by atoms with Crippen molar-refractivity contribution < 1.29 is 19.1 Å². The molecule has 0 bridgehead atoms. The number of carbonyl (C=O) groups excluding carboxylic acids is 3. The number of hydrogen-bond donors (Lipinski definition) is 2. The predicted octanol–water partition coefficient (Wildman–Crippen LogP) is 3.20. The number of carbonyl (C=O) groups is 3. The molecule has 2 N–H and O–H groups in total. The minimum absolute atomic E-state index is 0.0451.